The molecule has 4 aromatic rings. The van der Waals surface area contributed by atoms with E-state index in [4.69, 9.17) is 5.73 Å². The molecule has 0 unspecified atom stereocenters. The van der Waals surface area contributed by atoms with Gasteiger partial charge in [0.25, 0.3) is 11.8 Å². The second-order valence-electron chi connectivity index (χ2n) is 16.3. The van der Waals surface area contributed by atoms with Crippen molar-refractivity contribution in [2.24, 2.45) is 5.73 Å². The first-order valence-electron chi connectivity index (χ1n) is 21.6. The first kappa shape index (κ1) is 49.7. The van der Waals surface area contributed by atoms with E-state index in [1.807, 2.05) is 12.1 Å². The van der Waals surface area contributed by atoms with Crippen LogP contribution in [0.1, 0.15) is 72.6 Å². The van der Waals surface area contributed by atoms with Crippen LogP contribution >= 0.6 is 0 Å². The van der Waals surface area contributed by atoms with Gasteiger partial charge in [0, 0.05) is 37.2 Å². The molecular weight excluding hydrogens is 851 g/mol. The molecule has 66 heavy (non-hydrogen) atoms. The summed E-state index contributed by atoms with van der Waals surface area (Å²) in [7, 11) is 2.55. The molecule has 0 aromatic heterocycles. The summed E-state index contributed by atoms with van der Waals surface area (Å²) in [5.74, 6) is -7.15. The lowest BCUT2D eigenvalue weighted by atomic mass is 9.94. The molecule has 10 N–H and O–H groups in total. The fourth-order valence-corrected chi connectivity index (χ4v) is 7.51. The van der Waals surface area contributed by atoms with Crippen molar-refractivity contribution in [3.63, 3.8) is 0 Å². The van der Waals surface area contributed by atoms with E-state index in [0.717, 1.165) is 33.8 Å². The number of phenols is 2. The molecule has 0 radical (unpaired) electrons. The molecule has 1 aliphatic rings. The van der Waals surface area contributed by atoms with Gasteiger partial charge >= 0.3 is 5.97 Å². The van der Waals surface area contributed by atoms with Crippen LogP contribution in [0.15, 0.2) is 84.9 Å². The monoisotopic (exact) mass is 907 g/mol. The molecule has 0 aliphatic carbocycles. The minimum Gasteiger partial charge on any atom is -0.507 e. The fourth-order valence-electron chi connectivity index (χ4n) is 7.51. The first-order valence-corrected chi connectivity index (χ1v) is 21.6. The van der Waals surface area contributed by atoms with Gasteiger partial charge in [-0.3, -0.25) is 28.8 Å². The lowest BCUT2D eigenvalue weighted by Gasteiger charge is -2.30. The Bertz CT molecular complexity index is 2430. The van der Waals surface area contributed by atoms with E-state index in [0.29, 0.717) is 5.56 Å². The number of hydrogen-bond acceptors (Lipinski definition) is 11. The average molecular weight is 908 g/mol. The largest absolute Gasteiger partial charge is 0.507 e. The van der Waals surface area contributed by atoms with E-state index < -0.39 is 84.9 Å². The number of fused-ring (bicyclic) bond motifs is 5. The van der Waals surface area contributed by atoms with Crippen LogP contribution in [-0.4, -0.2) is 123 Å². The molecule has 1 heterocycles. The number of nitrogens with one attached hydrogen (secondary N) is 4. The molecule has 350 valence electrons. The van der Waals surface area contributed by atoms with Crippen molar-refractivity contribution in [1.82, 2.24) is 31.1 Å². The van der Waals surface area contributed by atoms with Gasteiger partial charge in [0.05, 0.1) is 13.2 Å². The molecule has 5 rings (SSSR count). The van der Waals surface area contributed by atoms with Gasteiger partial charge in [-0.05, 0) is 84.0 Å². The summed E-state index contributed by atoms with van der Waals surface area (Å²) >= 11 is 0. The SMILES string of the molecule is CCCCCCc1ccc(-c2ccc(C(=O)N(C)[C@H](CO)C(=O)N[C@H](N)C(=O)NCC(=O)N(C)[C@@H]3C(=O)N[C@@H](C)C(=O)N[C@H](C(=O)O)Cc4ccc(O)c(c4)-c4cc3ccc4O)cc2)cc1. The summed E-state index contributed by atoms with van der Waals surface area (Å²) in [6.07, 6.45) is 3.77. The number of carboxylic acid groups (broad SMARTS) is 1. The number of carbonyl (C=O) groups is 7. The molecule has 0 saturated carbocycles. The Balaban J connectivity index is 1.23. The minimum absolute atomic E-state index is 0.0395. The summed E-state index contributed by atoms with van der Waals surface area (Å²) in [4.78, 5) is 94.5. The zero-order valence-corrected chi connectivity index (χ0v) is 37.2. The molecular formula is C48H57N7O11. The number of benzene rings is 4. The summed E-state index contributed by atoms with van der Waals surface area (Å²) in [6, 6.07) is 17.4. The van der Waals surface area contributed by atoms with Crippen LogP contribution in [0.3, 0.4) is 0 Å². The van der Waals surface area contributed by atoms with E-state index in [-0.39, 0.29) is 40.2 Å². The van der Waals surface area contributed by atoms with Crippen LogP contribution in [0, 0.1) is 0 Å². The molecule has 18 nitrogen and oxygen atoms in total. The van der Waals surface area contributed by atoms with Crippen LogP contribution in [0.2, 0.25) is 0 Å². The highest BCUT2D eigenvalue weighted by Gasteiger charge is 2.34. The maximum Gasteiger partial charge on any atom is 0.326 e. The summed E-state index contributed by atoms with van der Waals surface area (Å²) < 4.78 is 0. The van der Waals surface area contributed by atoms with Crippen LogP contribution in [0.5, 0.6) is 11.5 Å². The summed E-state index contributed by atoms with van der Waals surface area (Å²) in [6.45, 7) is 1.92. The maximum absolute atomic E-state index is 13.9. The van der Waals surface area contributed by atoms with Crippen LogP contribution in [0.4, 0.5) is 0 Å². The number of aliphatic hydroxyl groups excluding tert-OH is 1. The number of nitrogens with two attached hydrogens (primary N) is 1. The van der Waals surface area contributed by atoms with Crippen molar-refractivity contribution in [3.05, 3.63) is 107 Å². The van der Waals surface area contributed by atoms with Crippen molar-refractivity contribution in [2.45, 2.75) is 82.7 Å². The lowest BCUT2D eigenvalue weighted by Crippen LogP contribution is -2.59. The van der Waals surface area contributed by atoms with Crippen LogP contribution < -0.4 is 27.0 Å². The number of aliphatic carboxylic acids is 1. The van der Waals surface area contributed by atoms with Crippen LogP contribution in [-0.2, 0) is 41.6 Å². The number of amides is 6. The second-order valence-corrected chi connectivity index (χ2v) is 16.3. The molecule has 4 bridgehead atoms. The molecule has 18 heteroatoms. The Hall–Kier alpha value is -7.31. The van der Waals surface area contributed by atoms with Gasteiger partial charge in [-0.15, -0.1) is 0 Å². The molecule has 1 aliphatic heterocycles. The van der Waals surface area contributed by atoms with E-state index in [2.05, 4.69) is 40.3 Å². The number of hydrogen-bond donors (Lipinski definition) is 9. The number of aryl methyl sites for hydroxylation is 1. The van der Waals surface area contributed by atoms with E-state index in [1.165, 1.54) is 82.2 Å². The molecule has 0 fully saturated rings. The van der Waals surface area contributed by atoms with Crippen molar-refractivity contribution in [1.29, 1.82) is 0 Å². The van der Waals surface area contributed by atoms with E-state index in [1.54, 1.807) is 24.3 Å². The van der Waals surface area contributed by atoms with Crippen LogP contribution in [0.25, 0.3) is 22.3 Å². The molecule has 4 aromatic carbocycles. The lowest BCUT2D eigenvalue weighted by molar-refractivity contribution is -0.143. The zero-order chi connectivity index (χ0) is 48.2. The average Bonchev–Trinajstić information content (AvgIpc) is 3.30. The normalized spacial score (nSPS) is 16.9. The topological polar surface area (TPSA) is 281 Å². The fraction of sp³-hybridized carbons (Fsp3) is 0.354. The number of carbonyl (C=O) groups excluding carboxylic acids is 6. The van der Waals surface area contributed by atoms with E-state index in [9.17, 15) is 54.0 Å². The van der Waals surface area contributed by atoms with Gasteiger partial charge in [-0.2, -0.15) is 0 Å². The number of rotatable bonds is 16. The number of phenolic OH excluding ortho intramolecular Hbond substituents is 2. The maximum atomic E-state index is 13.9. The molecule has 0 saturated heterocycles. The van der Waals surface area contributed by atoms with Gasteiger partial charge in [0.2, 0.25) is 23.6 Å². The third-order valence-corrected chi connectivity index (χ3v) is 11.5. The predicted octanol–water partition coefficient (Wildman–Crippen LogP) is 2.33. The van der Waals surface area contributed by atoms with Gasteiger partial charge in [0.1, 0.15) is 35.7 Å². The minimum atomic E-state index is -1.76. The Morgan fingerprint density at radius 2 is 1.42 bits per heavy atom. The standard InChI is InChI=1S/C48H57N7O11/c1-5-6-7-8-9-28-10-13-30(14-11-28)31-15-17-32(18-16-31)47(64)54(3)37(26-56)44(61)53-42(49)46(63)50-25-40(59)55(4)41-33-19-21-39(58)35(24-33)34-22-29(12-20-38(34)57)23-36(48(65)66)52-43(60)27(2)51-45(41)62/h10-22,24,27,36-37,41-42,56-58H,5-9,23,25-26,49H2,1-4H3,(H,50,63)(H,51,62)(H,52,60)(H,53,61)(H,65,66)/t27-,36-,37+,41-,42-/m0/s1. The molecule has 6 amide bonds. The smallest absolute Gasteiger partial charge is 0.326 e. The van der Waals surface area contributed by atoms with Crippen molar-refractivity contribution in [2.75, 3.05) is 27.2 Å². The van der Waals surface area contributed by atoms with Crippen molar-refractivity contribution < 1.29 is 54.0 Å². The Kier molecular flexibility index (Phi) is 17.0. The highest BCUT2D eigenvalue weighted by atomic mass is 16.4. The zero-order valence-electron chi connectivity index (χ0n) is 37.2. The first-order chi connectivity index (χ1) is 31.4. The molecule has 0 spiro atoms. The van der Waals surface area contributed by atoms with Gasteiger partial charge in [-0.1, -0.05) is 74.7 Å². The van der Waals surface area contributed by atoms with E-state index >= 15 is 0 Å². The quantitative estimate of drug-likeness (QED) is 0.0579. The van der Waals surface area contributed by atoms with Gasteiger partial charge in [-0.25, -0.2) is 4.79 Å². The number of aliphatic hydroxyl groups is 1. The highest BCUT2D eigenvalue weighted by molar-refractivity contribution is 5.99. The number of likely N-dealkylation sites (N-methyl/N-ethyl adjacent to an activating group) is 2. The number of aromatic hydroxyl groups is 2. The van der Waals surface area contributed by atoms with Crippen molar-refractivity contribution >= 4 is 41.4 Å². The Morgan fingerprint density at radius 3 is 2.05 bits per heavy atom. The Labute approximate surface area is 382 Å². The number of unbranched alkanes of at least 4 members (excludes halogenated alkanes) is 3. The summed E-state index contributed by atoms with van der Waals surface area (Å²) in [5.41, 5.74) is 9.94. The second kappa shape index (κ2) is 22.5. The molecule has 5 atom stereocenters. The van der Waals surface area contributed by atoms with Gasteiger partial charge in [0.15, 0.2) is 6.17 Å². The Morgan fingerprint density at radius 1 is 0.803 bits per heavy atom. The van der Waals surface area contributed by atoms with Crippen molar-refractivity contribution in [3.8, 4) is 33.8 Å². The summed E-state index contributed by atoms with van der Waals surface area (Å²) in [5, 5.41) is 51.0. The number of carboxylic acids is 1. The predicted molar refractivity (Wildman–Crippen MR) is 243 cm³/mol. The third-order valence-electron chi connectivity index (χ3n) is 11.5. The highest BCUT2D eigenvalue weighted by Crippen LogP contribution is 2.38. The van der Waals surface area contributed by atoms with Gasteiger partial charge < -0.3 is 57.2 Å². The third kappa shape index (κ3) is 12.3. The number of nitrogens with zero attached hydrogens (tertiary/aromatic N) is 2.